The molecule has 5 nitrogen and oxygen atoms in total. The van der Waals surface area contributed by atoms with Crippen LogP contribution in [0.25, 0.3) is 11.0 Å². The number of thiazole rings is 1. The Kier molecular flexibility index (Phi) is 3.53. The zero-order valence-corrected chi connectivity index (χ0v) is 14.1. The summed E-state index contributed by atoms with van der Waals surface area (Å²) in [6.45, 7) is 3.62. The topological polar surface area (TPSA) is 67.8 Å². The van der Waals surface area contributed by atoms with Gasteiger partial charge in [0.2, 0.25) is 0 Å². The minimum absolute atomic E-state index is 0.170. The summed E-state index contributed by atoms with van der Waals surface area (Å²) >= 11 is 1.38. The van der Waals surface area contributed by atoms with E-state index in [1.54, 1.807) is 6.92 Å². The Hall–Kier alpha value is -2.41. The third kappa shape index (κ3) is 2.75. The normalized spacial score (nSPS) is 14.1. The van der Waals surface area contributed by atoms with Gasteiger partial charge in [-0.2, -0.15) is 0 Å². The van der Waals surface area contributed by atoms with Crippen LogP contribution in [0.15, 0.2) is 17.5 Å². The summed E-state index contributed by atoms with van der Waals surface area (Å²) in [6, 6.07) is 2.48. The zero-order valence-electron chi connectivity index (χ0n) is 13.3. The fraction of sp³-hybridized carbons (Fsp3) is 0.294. The number of benzene rings is 1. The van der Waals surface area contributed by atoms with Gasteiger partial charge in [0.15, 0.2) is 5.13 Å². The number of nitrogens with zero attached hydrogens (tertiary/aromatic N) is 3. The lowest BCUT2D eigenvalue weighted by Crippen LogP contribution is -2.14. The molecule has 4 rings (SSSR count). The number of carbonyl (C=O) groups excluding carboxylic acids is 1. The molecule has 0 aliphatic heterocycles. The molecule has 3 aromatic rings. The lowest BCUT2D eigenvalue weighted by Gasteiger charge is -2.08. The first-order chi connectivity index (χ1) is 11.5. The van der Waals surface area contributed by atoms with Gasteiger partial charge >= 0.3 is 0 Å². The summed E-state index contributed by atoms with van der Waals surface area (Å²) < 4.78 is 13.9. The van der Waals surface area contributed by atoms with Gasteiger partial charge in [-0.3, -0.25) is 10.1 Å². The number of fused-ring (bicyclic) bond motifs is 1. The van der Waals surface area contributed by atoms with Crippen molar-refractivity contribution >= 4 is 33.4 Å². The number of nitrogens with one attached hydrogen (secondary N) is 1. The number of halogens is 1. The van der Waals surface area contributed by atoms with Gasteiger partial charge in [0.25, 0.3) is 5.91 Å². The molecule has 2 aromatic heterocycles. The Labute approximate surface area is 142 Å². The van der Waals surface area contributed by atoms with Crippen molar-refractivity contribution in [1.29, 1.82) is 0 Å². The molecule has 1 saturated carbocycles. The number of hydrogen-bond acceptors (Lipinski definition) is 5. The second kappa shape index (κ2) is 5.59. The minimum atomic E-state index is -0.511. The van der Waals surface area contributed by atoms with Crippen LogP contribution in [-0.2, 0) is 0 Å². The maximum absolute atomic E-state index is 13.9. The molecule has 24 heavy (non-hydrogen) atoms. The van der Waals surface area contributed by atoms with E-state index in [2.05, 4.69) is 20.3 Å². The van der Waals surface area contributed by atoms with E-state index in [9.17, 15) is 9.18 Å². The van der Waals surface area contributed by atoms with E-state index in [1.807, 2.05) is 12.3 Å². The van der Waals surface area contributed by atoms with Crippen LogP contribution in [0.2, 0.25) is 0 Å². The second-order valence-corrected chi connectivity index (χ2v) is 6.88. The van der Waals surface area contributed by atoms with Crippen LogP contribution in [0.1, 0.15) is 46.2 Å². The highest BCUT2D eigenvalue weighted by molar-refractivity contribution is 7.14. The molecule has 7 heteroatoms. The Balaban J connectivity index is 1.71. The third-order valence-corrected chi connectivity index (χ3v) is 4.90. The fourth-order valence-corrected chi connectivity index (χ4v) is 3.33. The molecule has 1 aromatic carbocycles. The van der Waals surface area contributed by atoms with Crippen molar-refractivity contribution in [3.05, 3.63) is 46.0 Å². The van der Waals surface area contributed by atoms with Crippen molar-refractivity contribution in [3.8, 4) is 0 Å². The van der Waals surface area contributed by atoms with Crippen LogP contribution < -0.4 is 5.32 Å². The van der Waals surface area contributed by atoms with E-state index in [0.717, 1.165) is 18.5 Å². The minimum Gasteiger partial charge on any atom is -0.298 e. The van der Waals surface area contributed by atoms with Crippen molar-refractivity contribution in [2.75, 3.05) is 5.32 Å². The quantitative estimate of drug-likeness (QED) is 0.782. The Bertz CT molecular complexity index is 965. The van der Waals surface area contributed by atoms with Gasteiger partial charge in [-0.25, -0.2) is 19.3 Å². The standard InChI is InChI=1S/C17H15FN4OS/c1-8-9(2)20-15-12(5-11(18)6-13(15)19-8)16(23)22-17-21-14(7-24-17)10-3-4-10/h5-7,10H,3-4H2,1-2H3,(H,21,22,23). The first-order valence-corrected chi connectivity index (χ1v) is 8.60. The summed E-state index contributed by atoms with van der Waals surface area (Å²) in [5, 5.41) is 5.24. The van der Waals surface area contributed by atoms with Gasteiger partial charge in [0.05, 0.1) is 28.2 Å². The van der Waals surface area contributed by atoms with Crippen LogP contribution in [0.5, 0.6) is 0 Å². The van der Waals surface area contributed by atoms with Crippen LogP contribution in [-0.4, -0.2) is 20.9 Å². The van der Waals surface area contributed by atoms with Crippen molar-refractivity contribution < 1.29 is 9.18 Å². The first kappa shape index (κ1) is 15.1. The maximum Gasteiger partial charge on any atom is 0.259 e. The van der Waals surface area contributed by atoms with Gasteiger partial charge in [-0.1, -0.05) is 0 Å². The molecule has 122 valence electrons. The lowest BCUT2D eigenvalue weighted by molar-refractivity contribution is 0.102. The number of aryl methyl sites for hydroxylation is 2. The number of hydrogen-bond donors (Lipinski definition) is 1. The summed E-state index contributed by atoms with van der Waals surface area (Å²) in [5.41, 5.74) is 3.40. The van der Waals surface area contributed by atoms with Crippen molar-refractivity contribution in [2.24, 2.45) is 0 Å². The molecule has 2 heterocycles. The predicted molar refractivity (Wildman–Crippen MR) is 91.0 cm³/mol. The molecule has 0 spiro atoms. The second-order valence-electron chi connectivity index (χ2n) is 6.02. The molecule has 1 aliphatic rings. The smallest absolute Gasteiger partial charge is 0.259 e. The lowest BCUT2D eigenvalue weighted by atomic mass is 10.1. The monoisotopic (exact) mass is 342 g/mol. The molecule has 0 atom stereocenters. The van der Waals surface area contributed by atoms with Gasteiger partial charge in [-0.05, 0) is 32.8 Å². The number of anilines is 1. The molecule has 0 radical (unpaired) electrons. The Morgan fingerprint density at radius 1 is 1.21 bits per heavy atom. The molecular formula is C17H15FN4OS. The molecule has 1 amide bonds. The average molecular weight is 342 g/mol. The van der Waals surface area contributed by atoms with Crippen LogP contribution in [0.4, 0.5) is 9.52 Å². The molecule has 0 unspecified atom stereocenters. The summed E-state index contributed by atoms with van der Waals surface area (Å²) in [7, 11) is 0. The van der Waals surface area contributed by atoms with E-state index < -0.39 is 11.7 Å². The number of carbonyl (C=O) groups is 1. The molecule has 1 N–H and O–H groups in total. The molecule has 1 aliphatic carbocycles. The highest BCUT2D eigenvalue weighted by atomic mass is 32.1. The summed E-state index contributed by atoms with van der Waals surface area (Å²) in [6.07, 6.45) is 2.31. The molecule has 0 saturated heterocycles. The average Bonchev–Trinajstić information content (AvgIpc) is 3.28. The predicted octanol–water partition coefficient (Wildman–Crippen LogP) is 3.97. The van der Waals surface area contributed by atoms with Crippen molar-refractivity contribution in [2.45, 2.75) is 32.6 Å². The highest BCUT2D eigenvalue weighted by Crippen LogP contribution is 2.40. The Morgan fingerprint density at radius 3 is 2.71 bits per heavy atom. The number of amides is 1. The van der Waals surface area contributed by atoms with E-state index >= 15 is 0 Å². The summed E-state index contributed by atoms with van der Waals surface area (Å²) in [5.74, 6) is -0.407. The molecule has 0 bridgehead atoms. The van der Waals surface area contributed by atoms with Gasteiger partial charge < -0.3 is 0 Å². The van der Waals surface area contributed by atoms with Crippen LogP contribution in [0.3, 0.4) is 0 Å². The van der Waals surface area contributed by atoms with E-state index in [4.69, 9.17) is 0 Å². The first-order valence-electron chi connectivity index (χ1n) is 7.72. The third-order valence-electron chi connectivity index (χ3n) is 4.13. The van der Waals surface area contributed by atoms with Crippen molar-refractivity contribution in [3.63, 3.8) is 0 Å². The SMILES string of the molecule is Cc1nc2cc(F)cc(C(=O)Nc3nc(C4CC4)cs3)c2nc1C. The van der Waals surface area contributed by atoms with Gasteiger partial charge in [0.1, 0.15) is 11.3 Å². The molecular weight excluding hydrogens is 327 g/mol. The fourth-order valence-electron chi connectivity index (χ4n) is 2.55. The highest BCUT2D eigenvalue weighted by Gasteiger charge is 2.26. The van der Waals surface area contributed by atoms with Gasteiger partial charge in [-0.15, -0.1) is 11.3 Å². The largest absolute Gasteiger partial charge is 0.298 e. The van der Waals surface area contributed by atoms with E-state index in [-0.39, 0.29) is 5.56 Å². The van der Waals surface area contributed by atoms with E-state index in [1.165, 1.54) is 23.5 Å². The Morgan fingerprint density at radius 2 is 1.96 bits per heavy atom. The summed E-state index contributed by atoms with van der Waals surface area (Å²) in [4.78, 5) is 25.8. The van der Waals surface area contributed by atoms with Crippen LogP contribution in [0, 0.1) is 19.7 Å². The van der Waals surface area contributed by atoms with Crippen molar-refractivity contribution in [1.82, 2.24) is 15.0 Å². The number of aromatic nitrogens is 3. The van der Waals surface area contributed by atoms with Gasteiger partial charge in [0, 0.05) is 17.4 Å². The number of rotatable bonds is 3. The maximum atomic E-state index is 13.9. The van der Waals surface area contributed by atoms with Crippen LogP contribution >= 0.6 is 11.3 Å². The zero-order chi connectivity index (χ0) is 16.8. The molecule has 1 fully saturated rings. The van der Waals surface area contributed by atoms with E-state index in [0.29, 0.717) is 33.5 Å².